The first-order valence-corrected chi connectivity index (χ1v) is 6.59. The van der Waals surface area contributed by atoms with Crippen LogP contribution in [0.4, 0.5) is 8.78 Å². The van der Waals surface area contributed by atoms with E-state index in [1.165, 1.54) is 24.3 Å². The summed E-state index contributed by atoms with van der Waals surface area (Å²) in [6, 6.07) is 5.67. The summed E-state index contributed by atoms with van der Waals surface area (Å²) in [5.41, 5.74) is 0.529. The van der Waals surface area contributed by atoms with E-state index in [1.807, 2.05) is 22.6 Å². The highest BCUT2D eigenvalue weighted by Crippen LogP contribution is 2.27. The first-order valence-electron chi connectivity index (χ1n) is 4.76. The van der Waals surface area contributed by atoms with Gasteiger partial charge < -0.3 is 0 Å². The Morgan fingerprint density at radius 3 is 1.94 bits per heavy atom. The van der Waals surface area contributed by atoms with Crippen LogP contribution in [0.25, 0.3) is 11.4 Å². The molecule has 0 saturated heterocycles. The summed E-state index contributed by atoms with van der Waals surface area (Å²) in [5.74, 6) is 0.311. The number of benzene rings is 1. The lowest BCUT2D eigenvalue weighted by Gasteiger charge is -2.05. The van der Waals surface area contributed by atoms with E-state index in [2.05, 4.69) is 9.97 Å². The van der Waals surface area contributed by atoms with Gasteiger partial charge >= 0.3 is 0 Å². The highest BCUT2D eigenvalue weighted by Gasteiger charge is 2.11. The molecule has 0 N–H and O–H groups in total. The molecule has 2 rings (SSSR count). The molecule has 0 radical (unpaired) electrons. The second-order valence-electron chi connectivity index (χ2n) is 3.37. The molecule has 0 aliphatic heterocycles. The van der Waals surface area contributed by atoms with E-state index >= 15 is 0 Å². The minimum Gasteiger partial charge on any atom is -0.215 e. The summed E-state index contributed by atoms with van der Waals surface area (Å²) >= 11 is 13.7. The van der Waals surface area contributed by atoms with Crippen molar-refractivity contribution >= 4 is 45.8 Å². The molecule has 1 heterocycles. The van der Waals surface area contributed by atoms with Crippen LogP contribution in [0.1, 0.15) is 12.0 Å². The monoisotopic (exact) mass is 400 g/mol. The standard InChI is InChI=1S/C11H5Cl2F2IN2/c12-8-7(16)9(13)18-11(17-8)6-3-1-5(2-4-6)10(14)15/h1-4,10H. The molecule has 1 aromatic carbocycles. The van der Waals surface area contributed by atoms with Crippen molar-refractivity contribution < 1.29 is 8.78 Å². The van der Waals surface area contributed by atoms with Gasteiger partial charge in [-0.3, -0.25) is 0 Å². The molecule has 0 unspecified atom stereocenters. The van der Waals surface area contributed by atoms with Crippen LogP contribution >= 0.6 is 45.8 Å². The topological polar surface area (TPSA) is 25.8 Å². The van der Waals surface area contributed by atoms with Gasteiger partial charge in [-0.2, -0.15) is 0 Å². The van der Waals surface area contributed by atoms with Gasteiger partial charge in [0.1, 0.15) is 10.3 Å². The SMILES string of the molecule is FC(F)c1ccc(-c2nc(Cl)c(I)c(Cl)n2)cc1. The molecular weight excluding hydrogens is 396 g/mol. The van der Waals surface area contributed by atoms with Gasteiger partial charge in [0.2, 0.25) is 0 Å². The molecule has 0 aliphatic rings. The van der Waals surface area contributed by atoms with Gasteiger partial charge in [-0.05, 0) is 22.6 Å². The fourth-order valence-electron chi connectivity index (χ4n) is 1.30. The molecule has 7 heteroatoms. The highest BCUT2D eigenvalue weighted by molar-refractivity contribution is 14.1. The minimum absolute atomic E-state index is 0.0542. The van der Waals surface area contributed by atoms with Crippen molar-refractivity contribution in [2.75, 3.05) is 0 Å². The Labute approximate surface area is 125 Å². The number of aromatic nitrogens is 2. The fraction of sp³-hybridized carbons (Fsp3) is 0.0909. The smallest absolute Gasteiger partial charge is 0.215 e. The molecule has 0 spiro atoms. The molecule has 0 atom stereocenters. The van der Waals surface area contributed by atoms with Crippen molar-refractivity contribution in [1.29, 1.82) is 0 Å². The quantitative estimate of drug-likeness (QED) is 0.524. The maximum atomic E-state index is 12.4. The Kier molecular flexibility index (Phi) is 4.34. The number of rotatable bonds is 2. The van der Waals surface area contributed by atoms with Crippen molar-refractivity contribution in [2.24, 2.45) is 0 Å². The predicted octanol–water partition coefficient (Wildman–Crippen LogP) is 4.99. The molecule has 2 aromatic rings. The molecule has 0 bridgehead atoms. The van der Waals surface area contributed by atoms with Gasteiger partial charge in [0, 0.05) is 11.1 Å². The van der Waals surface area contributed by atoms with E-state index in [0.29, 0.717) is 15.0 Å². The molecular formula is C11H5Cl2F2IN2. The lowest BCUT2D eigenvalue weighted by molar-refractivity contribution is 0.151. The molecule has 0 amide bonds. The Hall–Kier alpha value is -0.530. The first kappa shape index (κ1) is 13.9. The molecule has 2 nitrogen and oxygen atoms in total. The molecule has 0 fully saturated rings. The number of hydrogen-bond donors (Lipinski definition) is 0. The number of alkyl halides is 2. The summed E-state index contributed by atoms with van der Waals surface area (Å²) in [6.45, 7) is 0. The second-order valence-corrected chi connectivity index (χ2v) is 5.16. The third-order valence-electron chi connectivity index (χ3n) is 2.19. The van der Waals surface area contributed by atoms with Crippen molar-refractivity contribution in [3.8, 4) is 11.4 Å². The molecule has 0 saturated carbocycles. The van der Waals surface area contributed by atoms with Crippen LogP contribution < -0.4 is 0 Å². The van der Waals surface area contributed by atoms with E-state index < -0.39 is 6.43 Å². The van der Waals surface area contributed by atoms with Crippen LogP contribution in [-0.4, -0.2) is 9.97 Å². The summed E-state index contributed by atoms with van der Waals surface area (Å²) in [4.78, 5) is 8.11. The molecule has 94 valence electrons. The van der Waals surface area contributed by atoms with Crippen molar-refractivity contribution in [3.05, 3.63) is 43.7 Å². The van der Waals surface area contributed by atoms with Gasteiger partial charge in [0.25, 0.3) is 6.43 Å². The minimum atomic E-state index is -2.50. The largest absolute Gasteiger partial charge is 0.263 e. The number of halogens is 5. The normalized spacial score (nSPS) is 11.0. The van der Waals surface area contributed by atoms with Gasteiger partial charge in [0.05, 0.1) is 3.57 Å². The second kappa shape index (κ2) is 5.63. The number of hydrogen-bond acceptors (Lipinski definition) is 2. The fourth-order valence-corrected chi connectivity index (χ4v) is 1.93. The van der Waals surface area contributed by atoms with E-state index in [9.17, 15) is 8.78 Å². The van der Waals surface area contributed by atoms with Crippen LogP contribution in [0.3, 0.4) is 0 Å². The van der Waals surface area contributed by atoms with Gasteiger partial charge in [-0.25, -0.2) is 18.7 Å². The molecule has 0 aliphatic carbocycles. The van der Waals surface area contributed by atoms with Crippen molar-refractivity contribution in [3.63, 3.8) is 0 Å². The first-order chi connectivity index (χ1) is 8.49. The lowest BCUT2D eigenvalue weighted by atomic mass is 10.1. The average Bonchev–Trinajstić information content (AvgIpc) is 2.35. The van der Waals surface area contributed by atoms with E-state index in [0.717, 1.165) is 0 Å². The third kappa shape index (κ3) is 2.89. The number of nitrogens with zero attached hydrogens (tertiary/aromatic N) is 2. The van der Waals surface area contributed by atoms with Crippen LogP contribution in [0.5, 0.6) is 0 Å². The van der Waals surface area contributed by atoms with Crippen molar-refractivity contribution in [2.45, 2.75) is 6.43 Å². The summed E-state index contributed by atoms with van der Waals surface area (Å²) < 4.78 is 25.4. The van der Waals surface area contributed by atoms with Crippen LogP contribution in [0.15, 0.2) is 24.3 Å². The van der Waals surface area contributed by atoms with Gasteiger partial charge in [-0.15, -0.1) is 0 Å². The average molecular weight is 401 g/mol. The molecule has 18 heavy (non-hydrogen) atoms. The lowest BCUT2D eigenvalue weighted by Crippen LogP contribution is -1.94. The Morgan fingerprint density at radius 2 is 1.50 bits per heavy atom. The zero-order valence-electron chi connectivity index (χ0n) is 8.67. The predicted molar refractivity (Wildman–Crippen MR) is 75.2 cm³/mol. The zero-order chi connectivity index (χ0) is 13.3. The Morgan fingerprint density at radius 1 is 1.00 bits per heavy atom. The summed E-state index contributed by atoms with van der Waals surface area (Å²) in [7, 11) is 0. The van der Waals surface area contributed by atoms with E-state index in [1.54, 1.807) is 0 Å². The molecule has 1 aromatic heterocycles. The van der Waals surface area contributed by atoms with Crippen LogP contribution in [0, 0.1) is 3.57 Å². The van der Waals surface area contributed by atoms with Crippen LogP contribution in [0.2, 0.25) is 10.3 Å². The highest BCUT2D eigenvalue weighted by atomic mass is 127. The summed E-state index contributed by atoms with van der Waals surface area (Å²) in [6.07, 6.45) is -2.50. The van der Waals surface area contributed by atoms with Gasteiger partial charge in [-0.1, -0.05) is 47.5 Å². The van der Waals surface area contributed by atoms with E-state index in [-0.39, 0.29) is 15.9 Å². The van der Waals surface area contributed by atoms with Crippen molar-refractivity contribution in [1.82, 2.24) is 9.97 Å². The Bertz CT molecular complexity index is 553. The van der Waals surface area contributed by atoms with Crippen LogP contribution in [-0.2, 0) is 0 Å². The maximum absolute atomic E-state index is 12.4. The maximum Gasteiger partial charge on any atom is 0.263 e. The summed E-state index contributed by atoms with van der Waals surface area (Å²) in [5, 5.41) is 0.479. The van der Waals surface area contributed by atoms with E-state index in [4.69, 9.17) is 23.2 Å². The van der Waals surface area contributed by atoms with Gasteiger partial charge in [0.15, 0.2) is 5.82 Å². The zero-order valence-corrected chi connectivity index (χ0v) is 12.3. The third-order valence-corrected chi connectivity index (χ3v) is 4.40. The Balaban J connectivity index is 2.43.